The summed E-state index contributed by atoms with van der Waals surface area (Å²) in [5.74, 6) is 0. The Kier molecular flexibility index (Phi) is 7.20. The molecule has 13 heteroatoms. The van der Waals surface area contributed by atoms with Crippen LogP contribution in [0, 0.1) is 0 Å². The molecule has 0 amide bonds. The van der Waals surface area contributed by atoms with Crippen LogP contribution in [0.1, 0.15) is 0 Å². The minimum Gasteiger partial charge on any atom is -0.394 e. The highest BCUT2D eigenvalue weighted by atomic mass is 16.8. The first kappa shape index (κ1) is 22.2. The van der Waals surface area contributed by atoms with Crippen molar-refractivity contribution in [3.63, 3.8) is 0 Å². The lowest BCUT2D eigenvalue weighted by atomic mass is 10.1. The fourth-order valence-electron chi connectivity index (χ4n) is 3.41. The van der Waals surface area contributed by atoms with Gasteiger partial charge in [0.15, 0.2) is 18.9 Å². The van der Waals surface area contributed by atoms with E-state index in [0.717, 1.165) is 0 Å². The summed E-state index contributed by atoms with van der Waals surface area (Å²) in [5.41, 5.74) is 0. The summed E-state index contributed by atoms with van der Waals surface area (Å²) in [6.45, 7) is -1.77. The molecule has 3 aliphatic heterocycles. The molecular formula is C15H26O13. The van der Waals surface area contributed by atoms with Crippen molar-refractivity contribution < 1.29 is 64.5 Å². The molecule has 0 radical (unpaired) electrons. The average Bonchev–Trinajstić information content (AvgIpc) is 3.24. The molecule has 0 aromatic rings. The van der Waals surface area contributed by atoms with Crippen molar-refractivity contribution in [1.82, 2.24) is 0 Å². The first-order chi connectivity index (χ1) is 13.3. The van der Waals surface area contributed by atoms with E-state index in [1.54, 1.807) is 0 Å². The van der Waals surface area contributed by atoms with Crippen molar-refractivity contribution in [3.05, 3.63) is 0 Å². The van der Waals surface area contributed by atoms with Crippen molar-refractivity contribution in [2.24, 2.45) is 0 Å². The van der Waals surface area contributed by atoms with Gasteiger partial charge >= 0.3 is 0 Å². The van der Waals surface area contributed by atoms with Crippen LogP contribution < -0.4 is 0 Å². The fourth-order valence-corrected chi connectivity index (χ4v) is 3.41. The van der Waals surface area contributed by atoms with Gasteiger partial charge in [-0.3, -0.25) is 0 Å². The van der Waals surface area contributed by atoms with E-state index < -0.39 is 93.6 Å². The predicted octanol–water partition coefficient (Wildman–Crippen LogP) is -5.66. The normalized spacial score (nSPS) is 51.9. The minimum atomic E-state index is -1.60. The zero-order valence-corrected chi connectivity index (χ0v) is 14.7. The average molecular weight is 414 g/mol. The Labute approximate surface area is 159 Å². The maximum Gasteiger partial charge on any atom is 0.187 e. The van der Waals surface area contributed by atoms with Gasteiger partial charge in [0.25, 0.3) is 0 Å². The molecule has 0 saturated carbocycles. The van der Waals surface area contributed by atoms with Crippen molar-refractivity contribution in [1.29, 1.82) is 0 Å². The Bertz CT molecular complexity index is 508. The molecule has 0 unspecified atom stereocenters. The highest BCUT2D eigenvalue weighted by molar-refractivity contribution is 4.94. The van der Waals surface area contributed by atoms with Crippen LogP contribution in [0.2, 0.25) is 0 Å². The molecular weight excluding hydrogens is 388 g/mol. The van der Waals surface area contributed by atoms with E-state index in [-0.39, 0.29) is 0 Å². The first-order valence-electron chi connectivity index (χ1n) is 8.82. The van der Waals surface area contributed by atoms with Crippen LogP contribution in [0.5, 0.6) is 0 Å². The van der Waals surface area contributed by atoms with Crippen LogP contribution in [0.3, 0.4) is 0 Å². The summed E-state index contributed by atoms with van der Waals surface area (Å²) in [4.78, 5) is 0. The van der Waals surface area contributed by atoms with E-state index in [1.165, 1.54) is 0 Å². The zero-order valence-electron chi connectivity index (χ0n) is 14.7. The highest BCUT2D eigenvalue weighted by Crippen LogP contribution is 2.33. The van der Waals surface area contributed by atoms with Crippen molar-refractivity contribution in [2.75, 3.05) is 19.8 Å². The second kappa shape index (κ2) is 9.09. The number of aliphatic hydroxyl groups excluding tert-OH is 8. The van der Waals surface area contributed by atoms with Crippen molar-refractivity contribution in [2.45, 2.75) is 73.8 Å². The van der Waals surface area contributed by atoms with Gasteiger partial charge in [0.05, 0.1) is 19.8 Å². The van der Waals surface area contributed by atoms with Crippen LogP contribution in [0.4, 0.5) is 0 Å². The van der Waals surface area contributed by atoms with Gasteiger partial charge in [-0.25, -0.2) is 0 Å². The van der Waals surface area contributed by atoms with Gasteiger partial charge in [0.2, 0.25) is 0 Å². The molecule has 13 nitrogen and oxygen atoms in total. The molecule has 8 N–H and O–H groups in total. The highest BCUT2D eigenvalue weighted by Gasteiger charge is 2.53. The van der Waals surface area contributed by atoms with Gasteiger partial charge in [-0.2, -0.15) is 0 Å². The maximum absolute atomic E-state index is 10.3. The molecule has 3 rings (SSSR count). The smallest absolute Gasteiger partial charge is 0.187 e. The van der Waals surface area contributed by atoms with Gasteiger partial charge in [0, 0.05) is 0 Å². The third-order valence-corrected chi connectivity index (χ3v) is 5.05. The van der Waals surface area contributed by atoms with Crippen LogP contribution in [-0.2, 0) is 23.7 Å². The van der Waals surface area contributed by atoms with E-state index >= 15 is 0 Å². The number of rotatable bonds is 7. The van der Waals surface area contributed by atoms with Crippen LogP contribution in [0.15, 0.2) is 0 Å². The third-order valence-electron chi connectivity index (χ3n) is 5.05. The van der Waals surface area contributed by atoms with E-state index in [1.807, 2.05) is 0 Å². The molecule has 0 spiro atoms. The molecule has 164 valence electrons. The van der Waals surface area contributed by atoms with Gasteiger partial charge in [-0.15, -0.1) is 0 Å². The molecule has 3 aliphatic rings. The number of ether oxygens (including phenoxy) is 5. The molecule has 3 saturated heterocycles. The zero-order chi connectivity index (χ0) is 20.6. The van der Waals surface area contributed by atoms with E-state index in [2.05, 4.69) is 0 Å². The van der Waals surface area contributed by atoms with Gasteiger partial charge in [-0.1, -0.05) is 0 Å². The molecule has 0 aromatic carbocycles. The van der Waals surface area contributed by atoms with E-state index in [0.29, 0.717) is 0 Å². The summed E-state index contributed by atoms with van der Waals surface area (Å²) in [6.07, 6.45) is -16.4. The second-order valence-corrected chi connectivity index (χ2v) is 6.86. The number of hydrogen-bond donors (Lipinski definition) is 8. The summed E-state index contributed by atoms with van der Waals surface area (Å²) < 4.78 is 26.4. The van der Waals surface area contributed by atoms with Crippen LogP contribution >= 0.6 is 0 Å². The van der Waals surface area contributed by atoms with Crippen LogP contribution in [0.25, 0.3) is 0 Å². The maximum atomic E-state index is 10.3. The largest absolute Gasteiger partial charge is 0.394 e. The van der Waals surface area contributed by atoms with Gasteiger partial charge in [-0.05, 0) is 0 Å². The molecule has 3 fully saturated rings. The Balaban J connectivity index is 1.70. The summed E-state index contributed by atoms with van der Waals surface area (Å²) in [6, 6.07) is 0. The molecule has 28 heavy (non-hydrogen) atoms. The SMILES string of the molecule is OC[C@@H]1O[C@H](O[C@H]2[C@@H](O[C@@H]3[C@@H](O)[C@H](CO)O[C@@H]3O)O[C@@H](CO)[C@@H]2O)[C@H](O)[C@H]1O. The Morgan fingerprint density at radius 1 is 0.536 bits per heavy atom. The number of hydrogen-bond acceptors (Lipinski definition) is 13. The molecule has 0 bridgehead atoms. The van der Waals surface area contributed by atoms with E-state index in [4.69, 9.17) is 33.9 Å². The minimum absolute atomic E-state index is 0.575. The quantitative estimate of drug-likeness (QED) is 0.196. The fraction of sp³-hybridized carbons (Fsp3) is 1.00. The Morgan fingerprint density at radius 2 is 1.00 bits per heavy atom. The standard InChI is InChI=1S/C15H26O13/c16-1-4-7(19)10(22)14(25-4)28-12-9(21)6(3-18)26-15(12)27-11-8(20)5(2-17)24-13(11)23/h4-23H,1-3H2/t4-,5-,6-,7-,8-,9-,10+,11+,12+,13-,14+,15+/m0/s1. The molecule has 3 heterocycles. The predicted molar refractivity (Wildman–Crippen MR) is 83.2 cm³/mol. The first-order valence-corrected chi connectivity index (χ1v) is 8.82. The summed E-state index contributed by atoms with van der Waals surface area (Å²) in [7, 11) is 0. The lowest BCUT2D eigenvalue weighted by Gasteiger charge is -2.28. The second-order valence-electron chi connectivity index (χ2n) is 6.86. The van der Waals surface area contributed by atoms with Gasteiger partial charge < -0.3 is 64.5 Å². The van der Waals surface area contributed by atoms with Crippen molar-refractivity contribution in [3.8, 4) is 0 Å². The summed E-state index contributed by atoms with van der Waals surface area (Å²) >= 11 is 0. The lowest BCUT2D eigenvalue weighted by molar-refractivity contribution is -0.272. The van der Waals surface area contributed by atoms with Crippen LogP contribution in [-0.4, -0.2) is 134 Å². The Morgan fingerprint density at radius 3 is 1.54 bits per heavy atom. The summed E-state index contributed by atoms with van der Waals surface area (Å²) in [5, 5.41) is 77.7. The topological polar surface area (TPSA) is 208 Å². The third kappa shape index (κ3) is 4.04. The molecule has 12 atom stereocenters. The molecule has 0 aliphatic carbocycles. The monoisotopic (exact) mass is 414 g/mol. The molecule has 0 aromatic heterocycles. The Hall–Kier alpha value is -0.520. The van der Waals surface area contributed by atoms with E-state index in [9.17, 15) is 30.6 Å². The lowest BCUT2D eigenvalue weighted by Crippen LogP contribution is -2.46. The number of aliphatic hydroxyl groups is 8. The van der Waals surface area contributed by atoms with Crippen molar-refractivity contribution >= 4 is 0 Å². The van der Waals surface area contributed by atoms with Gasteiger partial charge in [0.1, 0.15) is 54.9 Å².